The molecule has 0 unspecified atom stereocenters. The molecule has 0 N–H and O–H groups in total. The minimum atomic E-state index is -5.82. The van der Waals surface area contributed by atoms with Gasteiger partial charge < -0.3 is 0 Å². The molecule has 2 aliphatic rings. The van der Waals surface area contributed by atoms with E-state index >= 15 is 5.72 Å². The first-order valence-electron chi connectivity index (χ1n) is 16.4. The molecular formula is C43H28BF2IN2. The first-order chi connectivity index (χ1) is 24.1. The number of hydrogen-bond acceptors (Lipinski definition) is 1. The SMILES string of the molecule is FI(F)(=Nc1ccccc1)c1cc2c3c(c1)c1ccccc1n3-c1cccc3c1B2c1ccccc1C3(c1ccccc1)c1ccccc1. The molecule has 1 aromatic heterocycles. The van der Waals surface area contributed by atoms with Gasteiger partial charge in [-0.25, -0.2) is 0 Å². The molecule has 0 atom stereocenters. The second-order valence-electron chi connectivity index (χ2n) is 12.8. The van der Waals surface area contributed by atoms with Gasteiger partial charge in [0.2, 0.25) is 0 Å². The number of rotatable bonds is 4. The molecular weight excluding hydrogens is 720 g/mol. The predicted molar refractivity (Wildman–Crippen MR) is 207 cm³/mol. The minimum absolute atomic E-state index is 0.0718. The van der Waals surface area contributed by atoms with Crippen LogP contribution in [0.15, 0.2) is 173 Å². The molecule has 2 aliphatic heterocycles. The molecule has 6 heteroatoms. The van der Waals surface area contributed by atoms with Gasteiger partial charge in [-0.2, -0.15) is 0 Å². The van der Waals surface area contributed by atoms with E-state index in [1.54, 1.807) is 36.4 Å². The monoisotopic (exact) mass is 748 g/mol. The fourth-order valence-corrected chi connectivity index (χ4v) is 11.3. The Morgan fingerprint density at radius 2 is 1.16 bits per heavy atom. The summed E-state index contributed by atoms with van der Waals surface area (Å²) in [5.74, 6) is 0. The average Bonchev–Trinajstić information content (AvgIpc) is 3.49. The van der Waals surface area contributed by atoms with E-state index in [0.717, 1.165) is 43.9 Å². The molecule has 0 spiro atoms. The first-order valence-corrected chi connectivity index (χ1v) is 20.1. The van der Waals surface area contributed by atoms with Crippen molar-refractivity contribution < 1.29 is 5.72 Å². The van der Waals surface area contributed by atoms with E-state index in [-0.39, 0.29) is 10.3 Å². The summed E-state index contributed by atoms with van der Waals surface area (Å²) in [7, 11) is 0. The van der Waals surface area contributed by atoms with E-state index in [4.69, 9.17) is 0 Å². The molecule has 0 fully saturated rings. The number of aromatic nitrogens is 1. The molecule has 7 aromatic carbocycles. The van der Waals surface area contributed by atoms with E-state index in [2.05, 4.69) is 123 Å². The van der Waals surface area contributed by atoms with Gasteiger partial charge in [0.1, 0.15) is 0 Å². The van der Waals surface area contributed by atoms with Crippen LogP contribution in [0.3, 0.4) is 0 Å². The van der Waals surface area contributed by atoms with Crippen molar-refractivity contribution >= 4 is 70.0 Å². The van der Waals surface area contributed by atoms with Gasteiger partial charge in [0.15, 0.2) is 0 Å². The maximum atomic E-state index is 16.6. The molecule has 2 nitrogen and oxygen atoms in total. The van der Waals surface area contributed by atoms with Crippen LogP contribution in [0.25, 0.3) is 27.5 Å². The van der Waals surface area contributed by atoms with Crippen molar-refractivity contribution in [3.8, 4) is 5.69 Å². The van der Waals surface area contributed by atoms with Crippen molar-refractivity contribution in [1.29, 1.82) is 0 Å². The van der Waals surface area contributed by atoms with Crippen LogP contribution >= 0.6 is 19.4 Å². The molecule has 3 heterocycles. The van der Waals surface area contributed by atoms with Crippen molar-refractivity contribution in [2.24, 2.45) is 3.15 Å². The molecule has 0 radical (unpaired) electrons. The Labute approximate surface area is 288 Å². The van der Waals surface area contributed by atoms with Crippen molar-refractivity contribution in [2.45, 2.75) is 5.41 Å². The quantitative estimate of drug-likeness (QED) is 0.126. The van der Waals surface area contributed by atoms with E-state index < -0.39 is 24.8 Å². The van der Waals surface area contributed by atoms with Gasteiger partial charge in [0.25, 0.3) is 0 Å². The van der Waals surface area contributed by atoms with Crippen molar-refractivity contribution in [3.63, 3.8) is 0 Å². The number of para-hydroxylation sites is 1. The predicted octanol–water partition coefficient (Wildman–Crippen LogP) is 9.81. The van der Waals surface area contributed by atoms with Crippen LogP contribution in [0.5, 0.6) is 0 Å². The van der Waals surface area contributed by atoms with Crippen LogP contribution < -0.4 is 16.4 Å². The number of hydrogen-bond donors (Lipinski definition) is 0. The summed E-state index contributed by atoms with van der Waals surface area (Å²) in [5, 5.41) is 1.82. The van der Waals surface area contributed by atoms with Crippen LogP contribution in [-0.2, 0) is 5.41 Å². The summed E-state index contributed by atoms with van der Waals surface area (Å²) < 4.78 is 39.8. The summed E-state index contributed by atoms with van der Waals surface area (Å²) in [6.45, 7) is -0.240. The van der Waals surface area contributed by atoms with Crippen molar-refractivity contribution in [1.82, 2.24) is 4.57 Å². The standard InChI is InChI=1S/C43H28BF2IN2/c45-47(46,48-32-19-8-3-9-20-32)31-27-34-33-21-10-13-25-39(33)49-40-26-14-23-36-41(40)44(38(28-31)42(34)49)37-24-12-11-22-35(37)43(36,29-15-4-1-5-16-29)30-17-6-2-7-18-30/h1-28H. The zero-order valence-electron chi connectivity index (χ0n) is 26.3. The second-order valence-corrected chi connectivity index (χ2v) is 16.9. The molecule has 10 rings (SSSR count). The van der Waals surface area contributed by atoms with Gasteiger partial charge in [-0.15, -0.1) is 0 Å². The fourth-order valence-electron chi connectivity index (χ4n) is 8.61. The van der Waals surface area contributed by atoms with Gasteiger partial charge in [-0.05, 0) is 0 Å². The number of fused-ring (bicyclic) bond motifs is 7. The Kier molecular flexibility index (Phi) is 6.25. The Bertz CT molecular complexity index is 2610. The van der Waals surface area contributed by atoms with Gasteiger partial charge in [0.05, 0.1) is 0 Å². The van der Waals surface area contributed by atoms with Crippen LogP contribution in [0.1, 0.15) is 22.3 Å². The molecule has 0 saturated heterocycles. The Balaban J connectivity index is 1.38. The molecule has 0 aliphatic carbocycles. The van der Waals surface area contributed by atoms with Crippen molar-refractivity contribution in [2.75, 3.05) is 0 Å². The zero-order chi connectivity index (χ0) is 32.7. The summed E-state index contributed by atoms with van der Waals surface area (Å²) in [6, 6.07) is 57.2. The molecule has 0 saturated carbocycles. The van der Waals surface area contributed by atoms with Gasteiger partial charge in [-0.3, -0.25) is 0 Å². The molecule has 234 valence electrons. The van der Waals surface area contributed by atoms with Crippen LogP contribution in [-0.4, -0.2) is 11.3 Å². The Morgan fingerprint density at radius 3 is 1.90 bits per heavy atom. The van der Waals surface area contributed by atoms with Crippen LogP contribution in [0, 0.1) is 3.57 Å². The van der Waals surface area contributed by atoms with Gasteiger partial charge >= 0.3 is 290 Å². The summed E-state index contributed by atoms with van der Waals surface area (Å²) in [5.41, 5.74) is 10.7. The third-order valence-corrected chi connectivity index (χ3v) is 13.7. The summed E-state index contributed by atoms with van der Waals surface area (Å²) >= 11 is -5.82. The topological polar surface area (TPSA) is 17.3 Å². The Hall–Kier alpha value is -5.21. The van der Waals surface area contributed by atoms with Crippen LogP contribution in [0.4, 0.5) is 11.4 Å². The third-order valence-electron chi connectivity index (χ3n) is 10.4. The summed E-state index contributed by atoms with van der Waals surface area (Å²) in [4.78, 5) is 0. The average molecular weight is 748 g/mol. The molecule has 8 aromatic rings. The summed E-state index contributed by atoms with van der Waals surface area (Å²) in [6.07, 6.45) is 0. The second kappa shape index (κ2) is 10.6. The molecule has 0 bridgehead atoms. The normalized spacial score (nSPS) is 14.4. The number of benzene rings is 7. The van der Waals surface area contributed by atoms with E-state index in [0.29, 0.717) is 5.69 Å². The van der Waals surface area contributed by atoms with Gasteiger partial charge in [-0.1, -0.05) is 0 Å². The van der Waals surface area contributed by atoms with Gasteiger partial charge in [0, 0.05) is 0 Å². The van der Waals surface area contributed by atoms with E-state index in [1.165, 1.54) is 22.3 Å². The van der Waals surface area contributed by atoms with Crippen LogP contribution in [0.2, 0.25) is 0 Å². The van der Waals surface area contributed by atoms with E-state index in [9.17, 15) is 0 Å². The van der Waals surface area contributed by atoms with E-state index in [1.807, 2.05) is 18.2 Å². The van der Waals surface area contributed by atoms with Crippen molar-refractivity contribution in [3.05, 3.63) is 196 Å². The Morgan fingerprint density at radius 1 is 0.551 bits per heavy atom. The third kappa shape index (κ3) is 3.98. The number of halogens is 3. The first kappa shape index (κ1) is 28.8. The fraction of sp³-hybridized carbons (Fsp3) is 0.0233. The zero-order valence-corrected chi connectivity index (χ0v) is 28.4. The molecule has 49 heavy (non-hydrogen) atoms. The maximum absolute atomic E-state index is 16.6. The number of nitrogens with zero attached hydrogens (tertiary/aromatic N) is 2. The molecule has 0 amide bonds.